The van der Waals surface area contributed by atoms with Crippen molar-refractivity contribution < 1.29 is 19.1 Å². The Morgan fingerprint density at radius 3 is 1.26 bits per heavy atom. The summed E-state index contributed by atoms with van der Waals surface area (Å²) < 4.78 is 10.7. The number of nitrogens with zero attached hydrogens (tertiary/aromatic N) is 2. The van der Waals surface area contributed by atoms with Gasteiger partial charge in [-0.3, -0.25) is 19.6 Å². The first-order valence-corrected chi connectivity index (χ1v) is 20.2. The highest BCUT2D eigenvalue weighted by Crippen LogP contribution is 2.24. The highest BCUT2D eigenvalue weighted by atomic mass is 35.5. The molecule has 0 saturated heterocycles. The van der Waals surface area contributed by atoms with Crippen LogP contribution >= 0.6 is 23.2 Å². The summed E-state index contributed by atoms with van der Waals surface area (Å²) in [6.07, 6.45) is 16.0. The number of pyridine rings is 2. The third-order valence-electron chi connectivity index (χ3n) is 8.64. The first kappa shape index (κ1) is 43.7. The number of carbonyl (C=O) groups excluding carboxylic acids is 2. The maximum Gasteiger partial charge on any atom is 0.329 e. The zero-order valence-corrected chi connectivity index (χ0v) is 34.0. The van der Waals surface area contributed by atoms with Crippen LogP contribution in [0.25, 0.3) is 22.5 Å². The number of hydrogen-bond acceptors (Lipinski definition) is 6. The summed E-state index contributed by atoms with van der Waals surface area (Å²) >= 11 is 12.2. The molecule has 286 valence electrons. The van der Waals surface area contributed by atoms with E-state index in [0.29, 0.717) is 36.2 Å². The number of carbonyl (C=O) groups is 2. The van der Waals surface area contributed by atoms with Gasteiger partial charge in [-0.1, -0.05) is 85.8 Å². The van der Waals surface area contributed by atoms with E-state index in [-0.39, 0.29) is 0 Å². The highest BCUT2D eigenvalue weighted by Gasteiger charge is 2.20. The van der Waals surface area contributed by atoms with Crippen LogP contribution < -0.4 is 9.47 Å². The molecule has 0 fully saturated rings. The Kier molecular flexibility index (Phi) is 19.6. The first-order valence-electron chi connectivity index (χ1n) is 19.3. The van der Waals surface area contributed by atoms with Crippen LogP contribution in [-0.2, 0) is 22.4 Å². The third kappa shape index (κ3) is 16.4. The second kappa shape index (κ2) is 23.8. The summed E-state index contributed by atoms with van der Waals surface area (Å²) in [5.74, 6) is 0.910. The number of alkyl halides is 2. The van der Waals surface area contributed by atoms with Crippen LogP contribution in [0.1, 0.15) is 110 Å². The number of ether oxygens (including phenoxy) is 2. The number of benzene rings is 2. The molecule has 2 aromatic carbocycles. The quantitative estimate of drug-likeness (QED) is 0.0410. The second-order valence-electron chi connectivity index (χ2n) is 14.5. The topological polar surface area (TPSA) is 78.4 Å². The van der Waals surface area contributed by atoms with Crippen molar-refractivity contribution in [1.29, 1.82) is 0 Å². The Morgan fingerprint density at radius 2 is 0.925 bits per heavy atom. The monoisotopic (exact) mass is 760 g/mol. The van der Waals surface area contributed by atoms with Gasteiger partial charge in [0.15, 0.2) is 0 Å². The van der Waals surface area contributed by atoms with Gasteiger partial charge >= 0.3 is 11.9 Å². The van der Waals surface area contributed by atoms with Crippen LogP contribution in [0.3, 0.4) is 0 Å². The molecule has 8 heteroatoms. The zero-order chi connectivity index (χ0) is 38.6. The summed E-state index contributed by atoms with van der Waals surface area (Å²) in [5.41, 5.74) is 6.37. The van der Waals surface area contributed by atoms with Gasteiger partial charge in [0.1, 0.15) is 22.3 Å². The van der Waals surface area contributed by atoms with E-state index < -0.39 is 22.7 Å². The van der Waals surface area contributed by atoms with Gasteiger partial charge in [0, 0.05) is 23.5 Å². The minimum atomic E-state index is -0.615. The van der Waals surface area contributed by atoms with Crippen molar-refractivity contribution in [2.24, 2.45) is 11.8 Å². The molecule has 0 bridgehead atoms. The van der Waals surface area contributed by atoms with Gasteiger partial charge in [0.2, 0.25) is 0 Å². The standard InChI is InChI=1S/C23H30ClNO2.C22H28ClNO2/c1-4-5-6-7-8-18-9-14-22(25-16-18)19-10-12-20(13-11-19)27-23(26)21(24)15-17(2)3;1-4-5-6-7-17-8-13-21(24-15-17)18-9-11-19(12-10-18)26-22(25)20(23)14-16(2)3/h9-14,16-17,21H,4-8,15H2,1-3H3;8-13,15-16,20H,4-7,14H2,1-3H3. The lowest BCUT2D eigenvalue weighted by atomic mass is 10.1. The van der Waals surface area contributed by atoms with Crippen LogP contribution in [0.2, 0.25) is 0 Å². The minimum Gasteiger partial charge on any atom is -0.425 e. The van der Waals surface area contributed by atoms with Gasteiger partial charge in [-0.05, 0) is 122 Å². The number of halogens is 2. The number of rotatable bonds is 19. The molecule has 2 atom stereocenters. The molecule has 0 saturated carbocycles. The van der Waals surface area contributed by atoms with E-state index in [0.717, 1.165) is 35.4 Å². The van der Waals surface area contributed by atoms with E-state index in [4.69, 9.17) is 32.7 Å². The average molecular weight is 762 g/mol. The van der Waals surface area contributed by atoms with Crippen LogP contribution in [0.15, 0.2) is 85.2 Å². The van der Waals surface area contributed by atoms with Crippen molar-refractivity contribution in [3.8, 4) is 34.0 Å². The number of unbranched alkanes of at least 4 members (excludes halogenated alkanes) is 5. The van der Waals surface area contributed by atoms with E-state index >= 15 is 0 Å². The third-order valence-corrected chi connectivity index (χ3v) is 9.36. The summed E-state index contributed by atoms with van der Waals surface area (Å²) in [5, 5.41) is -1.23. The Labute approximate surface area is 328 Å². The summed E-state index contributed by atoms with van der Waals surface area (Å²) in [6, 6.07) is 23.1. The van der Waals surface area contributed by atoms with E-state index in [1.165, 1.54) is 56.1 Å². The Morgan fingerprint density at radius 1 is 0.547 bits per heavy atom. The molecule has 0 aliphatic heterocycles. The van der Waals surface area contributed by atoms with E-state index in [1.54, 1.807) is 24.3 Å². The lowest BCUT2D eigenvalue weighted by molar-refractivity contribution is -0.135. The van der Waals surface area contributed by atoms with E-state index in [9.17, 15) is 9.59 Å². The maximum absolute atomic E-state index is 12.0. The molecule has 0 aliphatic carbocycles. The van der Waals surface area contributed by atoms with Crippen molar-refractivity contribution in [3.05, 3.63) is 96.3 Å². The summed E-state index contributed by atoms with van der Waals surface area (Å²) in [4.78, 5) is 33.1. The van der Waals surface area contributed by atoms with Gasteiger partial charge in [0.25, 0.3) is 0 Å². The predicted octanol–water partition coefficient (Wildman–Crippen LogP) is 12.5. The fourth-order valence-electron chi connectivity index (χ4n) is 5.59. The fourth-order valence-corrected chi connectivity index (χ4v) is 6.39. The normalized spacial score (nSPS) is 12.2. The largest absolute Gasteiger partial charge is 0.425 e. The minimum absolute atomic E-state index is 0.350. The Hall–Kier alpha value is -3.74. The van der Waals surface area contributed by atoms with Gasteiger partial charge in [-0.2, -0.15) is 0 Å². The molecule has 6 nitrogen and oxygen atoms in total. The van der Waals surface area contributed by atoms with E-state index in [2.05, 4.69) is 35.9 Å². The van der Waals surface area contributed by atoms with Crippen molar-refractivity contribution >= 4 is 35.1 Å². The molecule has 0 aliphatic rings. The van der Waals surface area contributed by atoms with Crippen molar-refractivity contribution in [3.63, 3.8) is 0 Å². The molecule has 0 N–H and O–H groups in total. The van der Waals surface area contributed by atoms with Gasteiger partial charge in [0.05, 0.1) is 11.4 Å². The molecule has 0 amide bonds. The first-order chi connectivity index (χ1) is 25.5. The van der Waals surface area contributed by atoms with Crippen LogP contribution in [0.5, 0.6) is 11.5 Å². The molecule has 2 aromatic heterocycles. The smallest absolute Gasteiger partial charge is 0.329 e. The van der Waals surface area contributed by atoms with E-state index in [1.807, 2.05) is 76.5 Å². The van der Waals surface area contributed by atoms with Crippen molar-refractivity contribution in [2.75, 3.05) is 0 Å². The Bertz CT molecular complexity index is 1620. The van der Waals surface area contributed by atoms with Crippen molar-refractivity contribution in [2.45, 2.75) is 123 Å². The molecular formula is C45H58Cl2N2O4. The fraction of sp³-hybridized carbons (Fsp3) is 0.467. The summed E-state index contributed by atoms with van der Waals surface area (Å²) in [6.45, 7) is 12.5. The zero-order valence-electron chi connectivity index (χ0n) is 32.5. The number of hydrogen-bond donors (Lipinski definition) is 0. The van der Waals surface area contributed by atoms with Gasteiger partial charge in [-0.15, -0.1) is 23.2 Å². The summed E-state index contributed by atoms with van der Waals surface area (Å²) in [7, 11) is 0. The molecule has 0 radical (unpaired) electrons. The maximum atomic E-state index is 12.0. The molecule has 53 heavy (non-hydrogen) atoms. The van der Waals surface area contributed by atoms with Gasteiger partial charge < -0.3 is 9.47 Å². The average Bonchev–Trinajstić information content (AvgIpc) is 3.14. The van der Waals surface area contributed by atoms with Crippen LogP contribution in [-0.4, -0.2) is 32.7 Å². The number of aromatic nitrogens is 2. The number of aryl methyl sites for hydroxylation is 2. The highest BCUT2D eigenvalue weighted by molar-refractivity contribution is 6.30. The lowest BCUT2D eigenvalue weighted by Gasteiger charge is -2.11. The van der Waals surface area contributed by atoms with Crippen molar-refractivity contribution in [1.82, 2.24) is 9.97 Å². The molecule has 4 rings (SSSR count). The Balaban J connectivity index is 0.000000286. The van der Waals surface area contributed by atoms with Crippen LogP contribution in [0, 0.1) is 11.8 Å². The second-order valence-corrected chi connectivity index (χ2v) is 15.5. The molecule has 4 aromatic rings. The molecule has 2 heterocycles. The molecule has 2 unspecified atom stereocenters. The lowest BCUT2D eigenvalue weighted by Crippen LogP contribution is -2.22. The van der Waals surface area contributed by atoms with Crippen LogP contribution in [0.4, 0.5) is 0 Å². The number of esters is 2. The predicted molar refractivity (Wildman–Crippen MR) is 220 cm³/mol. The SMILES string of the molecule is CCCCCCc1ccc(-c2ccc(OC(=O)C(Cl)CC(C)C)cc2)nc1.CCCCCc1ccc(-c2ccc(OC(=O)C(Cl)CC(C)C)cc2)nc1. The molecular weight excluding hydrogens is 703 g/mol. The van der Waals surface area contributed by atoms with Gasteiger partial charge in [-0.25, -0.2) is 0 Å². The molecule has 0 spiro atoms.